The molecular weight excluding hydrogens is 258 g/mol. The van der Waals surface area contributed by atoms with Gasteiger partial charge in [-0.25, -0.2) is 4.98 Å². The van der Waals surface area contributed by atoms with Gasteiger partial charge >= 0.3 is 0 Å². The summed E-state index contributed by atoms with van der Waals surface area (Å²) in [6.45, 7) is 1.69. The maximum atomic E-state index is 8.91. The van der Waals surface area contributed by atoms with Gasteiger partial charge in [-0.3, -0.25) is 0 Å². The number of aliphatic hydroxyl groups excluding tert-OH is 1. The van der Waals surface area contributed by atoms with E-state index in [0.717, 1.165) is 15.7 Å². The van der Waals surface area contributed by atoms with Crippen LogP contribution in [0.3, 0.4) is 0 Å². The molecule has 0 saturated heterocycles. The molecule has 0 amide bonds. The Morgan fingerprint density at radius 1 is 1.47 bits per heavy atom. The molecule has 0 saturated carbocycles. The molecule has 1 N–H and O–H groups in total. The molecule has 4 heteroatoms. The van der Waals surface area contributed by atoms with Crippen LogP contribution >= 0.6 is 15.9 Å². The number of aryl methyl sites for hydroxylation is 1. The van der Waals surface area contributed by atoms with Gasteiger partial charge in [0, 0.05) is 10.0 Å². The summed E-state index contributed by atoms with van der Waals surface area (Å²) >= 11 is 3.40. The van der Waals surface area contributed by atoms with E-state index < -0.39 is 0 Å². The molecule has 15 heavy (non-hydrogen) atoms. The van der Waals surface area contributed by atoms with Crippen LogP contribution in [0.4, 0.5) is 0 Å². The number of oxazole rings is 1. The maximum absolute atomic E-state index is 8.91. The summed E-state index contributed by atoms with van der Waals surface area (Å²) in [5.41, 5.74) is 1.74. The highest BCUT2D eigenvalue weighted by Gasteiger charge is 2.10. The van der Waals surface area contributed by atoms with Crippen LogP contribution in [0.2, 0.25) is 0 Å². The predicted octanol–water partition coefficient (Wildman–Crippen LogP) is 2.90. The summed E-state index contributed by atoms with van der Waals surface area (Å²) in [4.78, 5) is 4.10. The van der Waals surface area contributed by atoms with Crippen LogP contribution in [-0.2, 0) is 6.61 Å². The SMILES string of the molecule is Cc1nc(CO)oc1-c1cccc(Br)c1. The smallest absolute Gasteiger partial charge is 0.220 e. The molecule has 0 fully saturated rings. The average Bonchev–Trinajstić information content (AvgIpc) is 2.60. The fourth-order valence-electron chi connectivity index (χ4n) is 1.42. The minimum absolute atomic E-state index is 0.172. The Balaban J connectivity index is 2.48. The van der Waals surface area contributed by atoms with Gasteiger partial charge in [-0.05, 0) is 19.1 Å². The van der Waals surface area contributed by atoms with Crippen molar-refractivity contribution in [3.8, 4) is 11.3 Å². The van der Waals surface area contributed by atoms with Gasteiger partial charge in [0.25, 0.3) is 0 Å². The molecule has 0 aliphatic carbocycles. The first-order valence-corrected chi connectivity index (χ1v) is 5.33. The van der Waals surface area contributed by atoms with E-state index in [-0.39, 0.29) is 6.61 Å². The number of aromatic nitrogens is 1. The monoisotopic (exact) mass is 267 g/mol. The lowest BCUT2D eigenvalue weighted by Crippen LogP contribution is -1.80. The van der Waals surface area contributed by atoms with Crippen molar-refractivity contribution >= 4 is 15.9 Å². The lowest BCUT2D eigenvalue weighted by molar-refractivity contribution is 0.241. The van der Waals surface area contributed by atoms with Gasteiger partial charge in [0.1, 0.15) is 6.61 Å². The Labute approximate surface area is 95.9 Å². The lowest BCUT2D eigenvalue weighted by Gasteiger charge is -1.97. The molecule has 1 heterocycles. The van der Waals surface area contributed by atoms with Gasteiger partial charge in [-0.1, -0.05) is 28.1 Å². The third-order valence-corrected chi connectivity index (χ3v) is 2.56. The molecule has 0 atom stereocenters. The molecule has 1 aromatic carbocycles. The Morgan fingerprint density at radius 2 is 2.27 bits per heavy atom. The highest BCUT2D eigenvalue weighted by atomic mass is 79.9. The fraction of sp³-hybridized carbons (Fsp3) is 0.182. The molecule has 0 aliphatic heterocycles. The van der Waals surface area contributed by atoms with Crippen LogP contribution < -0.4 is 0 Å². The Bertz CT molecular complexity index is 479. The van der Waals surface area contributed by atoms with E-state index in [1.54, 1.807) is 0 Å². The summed E-state index contributed by atoms with van der Waals surface area (Å²) in [6, 6.07) is 7.77. The predicted molar refractivity (Wildman–Crippen MR) is 60.3 cm³/mol. The number of nitrogens with zero attached hydrogens (tertiary/aromatic N) is 1. The van der Waals surface area contributed by atoms with Crippen molar-refractivity contribution in [1.29, 1.82) is 0 Å². The third-order valence-electron chi connectivity index (χ3n) is 2.06. The molecule has 0 bridgehead atoms. The molecule has 0 radical (unpaired) electrons. The number of halogens is 1. The van der Waals surface area contributed by atoms with Crippen LogP contribution in [0.25, 0.3) is 11.3 Å². The zero-order valence-corrected chi connectivity index (χ0v) is 9.78. The van der Waals surface area contributed by atoms with Crippen molar-refractivity contribution in [2.75, 3.05) is 0 Å². The largest absolute Gasteiger partial charge is 0.438 e. The minimum Gasteiger partial charge on any atom is -0.438 e. The number of hydrogen-bond acceptors (Lipinski definition) is 3. The van der Waals surface area contributed by atoms with E-state index in [1.165, 1.54) is 0 Å². The fourth-order valence-corrected chi connectivity index (χ4v) is 1.82. The third kappa shape index (κ3) is 2.11. The normalized spacial score (nSPS) is 10.6. The first kappa shape index (κ1) is 10.4. The van der Waals surface area contributed by atoms with Gasteiger partial charge in [-0.15, -0.1) is 0 Å². The number of aliphatic hydroxyl groups is 1. The Morgan fingerprint density at radius 3 is 2.87 bits per heavy atom. The molecule has 2 aromatic rings. The zero-order chi connectivity index (χ0) is 10.8. The van der Waals surface area contributed by atoms with Crippen molar-refractivity contribution < 1.29 is 9.52 Å². The van der Waals surface area contributed by atoms with Crippen LogP contribution in [0.15, 0.2) is 33.2 Å². The van der Waals surface area contributed by atoms with Crippen molar-refractivity contribution in [3.63, 3.8) is 0 Å². The summed E-state index contributed by atoms with van der Waals surface area (Å²) in [7, 11) is 0. The topological polar surface area (TPSA) is 46.3 Å². The van der Waals surface area contributed by atoms with E-state index in [4.69, 9.17) is 9.52 Å². The van der Waals surface area contributed by atoms with E-state index in [1.807, 2.05) is 31.2 Å². The van der Waals surface area contributed by atoms with Gasteiger partial charge < -0.3 is 9.52 Å². The second kappa shape index (κ2) is 4.16. The highest BCUT2D eigenvalue weighted by Crippen LogP contribution is 2.26. The Kier molecular flexibility index (Phi) is 2.88. The molecule has 1 aromatic heterocycles. The van der Waals surface area contributed by atoms with Gasteiger partial charge in [0.2, 0.25) is 5.89 Å². The zero-order valence-electron chi connectivity index (χ0n) is 8.20. The highest BCUT2D eigenvalue weighted by molar-refractivity contribution is 9.10. The summed E-state index contributed by atoms with van der Waals surface area (Å²) in [5, 5.41) is 8.91. The quantitative estimate of drug-likeness (QED) is 0.910. The summed E-state index contributed by atoms with van der Waals surface area (Å²) < 4.78 is 6.41. The number of benzene rings is 1. The van der Waals surface area contributed by atoms with Crippen LogP contribution in [0.5, 0.6) is 0 Å². The van der Waals surface area contributed by atoms with E-state index in [2.05, 4.69) is 20.9 Å². The number of rotatable bonds is 2. The van der Waals surface area contributed by atoms with Gasteiger partial charge in [-0.2, -0.15) is 0 Å². The molecule has 3 nitrogen and oxygen atoms in total. The van der Waals surface area contributed by atoms with Crippen molar-refractivity contribution in [2.45, 2.75) is 13.5 Å². The van der Waals surface area contributed by atoms with E-state index in [0.29, 0.717) is 11.7 Å². The lowest BCUT2D eigenvalue weighted by atomic mass is 10.1. The molecule has 0 spiro atoms. The second-order valence-corrected chi connectivity index (χ2v) is 4.11. The van der Waals surface area contributed by atoms with E-state index >= 15 is 0 Å². The first-order valence-electron chi connectivity index (χ1n) is 4.54. The van der Waals surface area contributed by atoms with Crippen LogP contribution in [0.1, 0.15) is 11.6 Å². The maximum Gasteiger partial charge on any atom is 0.220 e. The summed E-state index contributed by atoms with van der Waals surface area (Å²) in [5.74, 6) is 1.06. The minimum atomic E-state index is -0.172. The molecule has 2 rings (SSSR count). The first-order chi connectivity index (χ1) is 7.20. The van der Waals surface area contributed by atoms with Crippen molar-refractivity contribution in [1.82, 2.24) is 4.98 Å². The summed E-state index contributed by atoms with van der Waals surface area (Å²) in [6.07, 6.45) is 0. The van der Waals surface area contributed by atoms with Crippen LogP contribution in [-0.4, -0.2) is 10.1 Å². The average molecular weight is 268 g/mol. The van der Waals surface area contributed by atoms with Crippen LogP contribution in [0, 0.1) is 6.92 Å². The molecular formula is C11H10BrNO2. The van der Waals surface area contributed by atoms with E-state index in [9.17, 15) is 0 Å². The molecule has 0 aliphatic rings. The second-order valence-electron chi connectivity index (χ2n) is 3.19. The van der Waals surface area contributed by atoms with Gasteiger partial charge in [0.15, 0.2) is 5.76 Å². The number of hydrogen-bond donors (Lipinski definition) is 1. The van der Waals surface area contributed by atoms with Crippen molar-refractivity contribution in [3.05, 3.63) is 40.3 Å². The van der Waals surface area contributed by atoms with Crippen molar-refractivity contribution in [2.24, 2.45) is 0 Å². The Hall–Kier alpha value is -1.13. The molecule has 78 valence electrons. The van der Waals surface area contributed by atoms with Gasteiger partial charge in [0.05, 0.1) is 5.69 Å². The standard InChI is InChI=1S/C11H10BrNO2/c1-7-11(15-10(6-14)13-7)8-3-2-4-9(12)5-8/h2-5,14H,6H2,1H3. The molecule has 0 unspecified atom stereocenters.